The Morgan fingerprint density at radius 2 is 2.00 bits per heavy atom. The molecule has 1 aliphatic rings. The maximum atomic E-state index is 13.8. The molecule has 1 aliphatic heterocycles. The molecule has 0 bridgehead atoms. The van der Waals surface area contributed by atoms with Gasteiger partial charge in [-0.2, -0.15) is 0 Å². The molecule has 0 spiro atoms. The first-order chi connectivity index (χ1) is 19.2. The van der Waals surface area contributed by atoms with Gasteiger partial charge in [0.15, 0.2) is 4.80 Å². The molecule has 0 amide bonds. The Hall–Kier alpha value is -4.77. The summed E-state index contributed by atoms with van der Waals surface area (Å²) in [5.41, 5.74) is 2.22. The number of hydrogen-bond acceptors (Lipinski definition) is 9. The van der Waals surface area contributed by atoms with Crippen LogP contribution >= 0.6 is 11.3 Å². The molecule has 204 valence electrons. The SMILES string of the molecule is CCOC(=O)C1=C(C)N=c2s/c(=C\c3cccc(OC)c3)c(=O)n2[C@@H]1c1ccc(-c2cc([N+](=O)[O-])ccc2C)o1. The average molecular weight is 560 g/mol. The van der Waals surface area contributed by atoms with E-state index >= 15 is 0 Å². The first-order valence-corrected chi connectivity index (χ1v) is 13.2. The Kier molecular flexibility index (Phi) is 7.22. The number of aryl methyl sites for hydroxylation is 1. The largest absolute Gasteiger partial charge is 0.497 e. The normalized spacial score (nSPS) is 15.0. The first kappa shape index (κ1) is 26.8. The highest BCUT2D eigenvalue weighted by molar-refractivity contribution is 7.07. The van der Waals surface area contributed by atoms with E-state index in [1.165, 1.54) is 28.0 Å². The summed E-state index contributed by atoms with van der Waals surface area (Å²) in [5, 5.41) is 11.4. The van der Waals surface area contributed by atoms with Gasteiger partial charge in [0, 0.05) is 17.7 Å². The van der Waals surface area contributed by atoms with Crippen molar-refractivity contribution < 1.29 is 23.6 Å². The van der Waals surface area contributed by atoms with Gasteiger partial charge in [-0.25, -0.2) is 9.79 Å². The zero-order chi connectivity index (χ0) is 28.6. The molecule has 1 atom stereocenters. The van der Waals surface area contributed by atoms with Gasteiger partial charge in [0.05, 0.1) is 34.4 Å². The number of nitro groups is 1. The lowest BCUT2D eigenvalue weighted by Gasteiger charge is -2.22. The number of fused-ring (bicyclic) bond motifs is 1. The lowest BCUT2D eigenvalue weighted by molar-refractivity contribution is -0.384. The van der Waals surface area contributed by atoms with Crippen LogP contribution in [0, 0.1) is 17.0 Å². The number of methoxy groups -OCH3 is 1. The Morgan fingerprint density at radius 1 is 1.20 bits per heavy atom. The molecular weight excluding hydrogens is 534 g/mol. The molecule has 11 heteroatoms. The van der Waals surface area contributed by atoms with Gasteiger partial charge in [0.1, 0.15) is 23.3 Å². The number of non-ortho nitro benzene ring substituents is 1. The number of carbonyl (C=O) groups excluding carboxylic acids is 1. The molecule has 2 aromatic heterocycles. The third-order valence-corrected chi connectivity index (χ3v) is 7.49. The van der Waals surface area contributed by atoms with Crippen LogP contribution in [0.1, 0.15) is 36.8 Å². The molecule has 40 heavy (non-hydrogen) atoms. The van der Waals surface area contributed by atoms with Gasteiger partial charge in [-0.1, -0.05) is 29.5 Å². The summed E-state index contributed by atoms with van der Waals surface area (Å²) in [6, 6.07) is 14.2. The van der Waals surface area contributed by atoms with Crippen LogP contribution in [0.2, 0.25) is 0 Å². The highest BCUT2D eigenvalue weighted by Gasteiger charge is 2.35. The first-order valence-electron chi connectivity index (χ1n) is 12.4. The van der Waals surface area contributed by atoms with Crippen LogP contribution in [0.3, 0.4) is 0 Å². The van der Waals surface area contributed by atoms with E-state index in [2.05, 4.69) is 4.99 Å². The van der Waals surface area contributed by atoms with Crippen molar-refractivity contribution in [2.75, 3.05) is 13.7 Å². The monoisotopic (exact) mass is 559 g/mol. The Bertz CT molecular complexity index is 1860. The van der Waals surface area contributed by atoms with Crippen LogP contribution in [0.5, 0.6) is 5.75 Å². The van der Waals surface area contributed by atoms with Gasteiger partial charge in [-0.05, 0) is 62.2 Å². The van der Waals surface area contributed by atoms with E-state index in [0.29, 0.717) is 37.9 Å². The number of aromatic nitrogens is 1. The highest BCUT2D eigenvalue weighted by Crippen LogP contribution is 2.36. The molecule has 2 aromatic carbocycles. The summed E-state index contributed by atoms with van der Waals surface area (Å²) in [6.45, 7) is 5.34. The second-order valence-corrected chi connectivity index (χ2v) is 10.0. The second-order valence-electron chi connectivity index (χ2n) is 9.04. The van der Waals surface area contributed by atoms with Crippen molar-refractivity contribution in [3.63, 3.8) is 0 Å². The summed E-state index contributed by atoms with van der Waals surface area (Å²) in [7, 11) is 1.57. The van der Waals surface area contributed by atoms with Crippen LogP contribution in [0.15, 0.2) is 80.1 Å². The number of carbonyl (C=O) groups is 1. The van der Waals surface area contributed by atoms with Crippen molar-refractivity contribution in [1.29, 1.82) is 0 Å². The van der Waals surface area contributed by atoms with Crippen molar-refractivity contribution in [2.45, 2.75) is 26.8 Å². The van der Waals surface area contributed by atoms with E-state index in [4.69, 9.17) is 13.9 Å². The van der Waals surface area contributed by atoms with Crippen LogP contribution in [0.25, 0.3) is 17.4 Å². The minimum Gasteiger partial charge on any atom is -0.497 e. The Balaban J connectivity index is 1.69. The standard InChI is InChI=1S/C29H25N3O7S/c1-5-38-28(34)25-17(3)30-29-31(27(33)24(40-29)14-18-7-6-8-20(13-18)37-4)26(25)23-12-11-22(39-23)21-15-19(32(35)36)10-9-16(21)2/h6-15,26H,5H2,1-4H3/b24-14-/t26-/m1/s1. The van der Waals surface area contributed by atoms with E-state index in [1.54, 1.807) is 45.2 Å². The number of thiazole rings is 1. The number of ether oxygens (including phenoxy) is 2. The van der Waals surface area contributed by atoms with Crippen LogP contribution in [0.4, 0.5) is 5.69 Å². The lowest BCUT2D eigenvalue weighted by atomic mass is 10.0. The van der Waals surface area contributed by atoms with Gasteiger partial charge < -0.3 is 13.9 Å². The second kappa shape index (κ2) is 10.8. The predicted octanol–water partition coefficient (Wildman–Crippen LogP) is 4.28. The number of furan rings is 1. The fourth-order valence-corrected chi connectivity index (χ4v) is 5.62. The van der Waals surface area contributed by atoms with Crippen molar-refractivity contribution >= 4 is 29.1 Å². The third kappa shape index (κ3) is 4.87. The van der Waals surface area contributed by atoms with Gasteiger partial charge in [-0.3, -0.25) is 19.5 Å². The zero-order valence-electron chi connectivity index (χ0n) is 22.2. The number of hydrogen-bond donors (Lipinski definition) is 0. The van der Waals surface area contributed by atoms with Crippen LogP contribution in [-0.4, -0.2) is 29.2 Å². The molecule has 0 saturated carbocycles. The minimum atomic E-state index is -0.949. The molecule has 4 aromatic rings. The maximum Gasteiger partial charge on any atom is 0.338 e. The number of nitrogens with zero attached hydrogens (tertiary/aromatic N) is 3. The fraction of sp³-hybridized carbons (Fsp3) is 0.207. The van der Waals surface area contributed by atoms with E-state index < -0.39 is 16.9 Å². The molecular formula is C29H25N3O7S. The molecule has 0 N–H and O–H groups in total. The van der Waals surface area contributed by atoms with Gasteiger partial charge in [0.25, 0.3) is 11.2 Å². The fourth-order valence-electron chi connectivity index (χ4n) is 4.58. The Labute approximate surface area is 232 Å². The smallest absolute Gasteiger partial charge is 0.338 e. The average Bonchev–Trinajstić information content (AvgIpc) is 3.53. The van der Waals surface area contributed by atoms with Crippen molar-refractivity contribution in [1.82, 2.24) is 4.57 Å². The molecule has 0 radical (unpaired) electrons. The summed E-state index contributed by atoms with van der Waals surface area (Å²) >= 11 is 1.19. The molecule has 5 rings (SSSR count). The number of rotatable bonds is 7. The van der Waals surface area contributed by atoms with E-state index in [-0.39, 0.29) is 23.4 Å². The number of allylic oxidation sites excluding steroid dienone is 1. The minimum absolute atomic E-state index is 0.0768. The van der Waals surface area contributed by atoms with Crippen LogP contribution < -0.4 is 19.6 Å². The van der Waals surface area contributed by atoms with Crippen LogP contribution in [-0.2, 0) is 9.53 Å². The molecule has 0 unspecified atom stereocenters. The van der Waals surface area contributed by atoms with E-state index in [9.17, 15) is 19.7 Å². The number of benzene rings is 2. The summed E-state index contributed by atoms with van der Waals surface area (Å²) in [5.74, 6) is 0.708. The highest BCUT2D eigenvalue weighted by atomic mass is 32.1. The van der Waals surface area contributed by atoms with E-state index in [0.717, 1.165) is 11.1 Å². The van der Waals surface area contributed by atoms with Gasteiger partial charge in [0.2, 0.25) is 0 Å². The lowest BCUT2D eigenvalue weighted by Crippen LogP contribution is -2.39. The zero-order valence-corrected chi connectivity index (χ0v) is 23.0. The summed E-state index contributed by atoms with van der Waals surface area (Å²) in [4.78, 5) is 42.8. The molecule has 0 aliphatic carbocycles. The quantitative estimate of drug-likeness (QED) is 0.188. The summed E-state index contributed by atoms with van der Waals surface area (Å²) in [6.07, 6.45) is 1.74. The number of nitro benzene ring substituents is 1. The van der Waals surface area contributed by atoms with Crippen molar-refractivity contribution in [3.8, 4) is 17.1 Å². The molecule has 0 saturated heterocycles. The van der Waals surface area contributed by atoms with Crippen molar-refractivity contribution in [2.24, 2.45) is 4.99 Å². The van der Waals surface area contributed by atoms with E-state index in [1.807, 2.05) is 31.2 Å². The number of esters is 1. The van der Waals surface area contributed by atoms with Gasteiger partial charge >= 0.3 is 5.97 Å². The topological polar surface area (TPSA) is 126 Å². The molecule has 10 nitrogen and oxygen atoms in total. The maximum absolute atomic E-state index is 13.8. The molecule has 3 heterocycles. The molecule has 0 fully saturated rings. The van der Waals surface area contributed by atoms with Crippen molar-refractivity contribution in [3.05, 3.63) is 113 Å². The van der Waals surface area contributed by atoms with Gasteiger partial charge in [-0.15, -0.1) is 0 Å². The third-order valence-electron chi connectivity index (χ3n) is 6.50. The summed E-state index contributed by atoms with van der Waals surface area (Å²) < 4.78 is 18.7. The Morgan fingerprint density at radius 3 is 2.73 bits per heavy atom. The predicted molar refractivity (Wildman–Crippen MR) is 149 cm³/mol.